The summed E-state index contributed by atoms with van der Waals surface area (Å²) in [4.78, 5) is 13.9. The minimum atomic E-state index is 0.604. The fraction of sp³-hybridized carbons (Fsp3) is 0.462. The average molecular weight is 278 g/mol. The molecule has 0 aliphatic rings. The van der Waals surface area contributed by atoms with Crippen LogP contribution >= 0.6 is 11.3 Å². The topological polar surface area (TPSA) is 59.9 Å². The molecule has 0 saturated carbocycles. The number of nitrogens with zero attached hydrogens (tertiary/aromatic N) is 3. The van der Waals surface area contributed by atoms with Crippen LogP contribution in [0.15, 0.2) is 17.8 Å². The van der Waals surface area contributed by atoms with Gasteiger partial charge in [-0.2, -0.15) is 4.98 Å². The Bertz CT molecular complexity index is 515. The van der Waals surface area contributed by atoms with Crippen LogP contribution in [0.2, 0.25) is 0 Å². The summed E-state index contributed by atoms with van der Waals surface area (Å²) >= 11 is 1.66. The lowest BCUT2D eigenvalue weighted by molar-refractivity contribution is 0.310. The summed E-state index contributed by atoms with van der Waals surface area (Å²) < 4.78 is 5.64. The van der Waals surface area contributed by atoms with E-state index in [4.69, 9.17) is 4.74 Å². The van der Waals surface area contributed by atoms with E-state index in [0.717, 1.165) is 25.1 Å². The molecule has 0 saturated heterocycles. The third-order valence-corrected chi connectivity index (χ3v) is 3.58. The Morgan fingerprint density at radius 3 is 3.00 bits per heavy atom. The molecule has 1 N–H and O–H groups in total. The van der Waals surface area contributed by atoms with E-state index < -0.39 is 0 Å². The molecule has 0 atom stereocenters. The Labute approximate surface area is 117 Å². The summed E-state index contributed by atoms with van der Waals surface area (Å²) in [5.74, 6) is 1.23. The molecule has 19 heavy (non-hydrogen) atoms. The second-order valence-corrected chi connectivity index (χ2v) is 5.04. The van der Waals surface area contributed by atoms with Gasteiger partial charge in [-0.3, -0.25) is 0 Å². The third-order valence-electron chi connectivity index (χ3n) is 2.59. The third kappa shape index (κ3) is 4.17. The lowest BCUT2D eigenvalue weighted by atomic mass is 10.3. The number of thiazole rings is 1. The van der Waals surface area contributed by atoms with Crippen LogP contribution in [0.1, 0.15) is 23.9 Å². The van der Waals surface area contributed by atoms with Crippen LogP contribution in [-0.4, -0.2) is 28.1 Å². The zero-order valence-corrected chi connectivity index (χ0v) is 12.0. The molecule has 2 rings (SSSR count). The van der Waals surface area contributed by atoms with Crippen LogP contribution in [0.25, 0.3) is 0 Å². The van der Waals surface area contributed by atoms with Gasteiger partial charge in [0.15, 0.2) is 0 Å². The highest BCUT2D eigenvalue weighted by molar-refractivity contribution is 7.09. The predicted octanol–water partition coefficient (Wildman–Crippen LogP) is 2.68. The first kappa shape index (κ1) is 13.7. The van der Waals surface area contributed by atoms with Crippen LogP contribution in [0.4, 0.5) is 5.95 Å². The summed E-state index contributed by atoms with van der Waals surface area (Å²) in [5, 5.41) is 3.14. The van der Waals surface area contributed by atoms with Crippen molar-refractivity contribution in [3.63, 3.8) is 0 Å². The first-order chi connectivity index (χ1) is 9.29. The Morgan fingerprint density at radius 1 is 1.37 bits per heavy atom. The van der Waals surface area contributed by atoms with Crippen LogP contribution < -0.4 is 10.1 Å². The Morgan fingerprint density at radius 2 is 2.26 bits per heavy atom. The molecule has 0 aliphatic heterocycles. The average Bonchev–Trinajstić information content (AvgIpc) is 2.83. The highest BCUT2D eigenvalue weighted by Crippen LogP contribution is 2.14. The Balaban J connectivity index is 1.84. The summed E-state index contributed by atoms with van der Waals surface area (Å²) in [6.45, 7) is 5.59. The Hall–Kier alpha value is -1.69. The van der Waals surface area contributed by atoms with Crippen molar-refractivity contribution < 1.29 is 4.74 Å². The molecule has 0 amide bonds. The number of hydrogen-bond donors (Lipinski definition) is 1. The highest BCUT2D eigenvalue weighted by Gasteiger charge is 2.03. The first-order valence-electron chi connectivity index (χ1n) is 6.38. The molecule has 5 nitrogen and oxygen atoms in total. The molecular formula is C13H18N4OS. The quantitative estimate of drug-likeness (QED) is 0.843. The molecule has 2 heterocycles. The van der Waals surface area contributed by atoms with Crippen molar-refractivity contribution in [2.45, 2.75) is 26.7 Å². The molecule has 0 fully saturated rings. The highest BCUT2D eigenvalue weighted by atomic mass is 32.1. The monoisotopic (exact) mass is 278 g/mol. The van der Waals surface area contributed by atoms with Gasteiger partial charge in [-0.05, 0) is 13.3 Å². The second kappa shape index (κ2) is 7.04. The van der Waals surface area contributed by atoms with Crippen LogP contribution in [0.5, 0.6) is 5.88 Å². The predicted molar refractivity (Wildman–Crippen MR) is 76.9 cm³/mol. The largest absolute Gasteiger partial charge is 0.477 e. The van der Waals surface area contributed by atoms with E-state index in [9.17, 15) is 0 Å². The van der Waals surface area contributed by atoms with Crippen LogP contribution in [0.3, 0.4) is 0 Å². The smallest absolute Gasteiger partial charge is 0.225 e. The van der Waals surface area contributed by atoms with Gasteiger partial charge in [0, 0.05) is 30.1 Å². The van der Waals surface area contributed by atoms with Gasteiger partial charge >= 0.3 is 0 Å². The number of nitrogens with one attached hydrogen (secondary N) is 1. The summed E-state index contributed by atoms with van der Waals surface area (Å²) in [7, 11) is 0. The normalized spacial score (nSPS) is 10.4. The van der Waals surface area contributed by atoms with Gasteiger partial charge in [-0.25, -0.2) is 9.97 Å². The maximum absolute atomic E-state index is 5.64. The van der Waals surface area contributed by atoms with Crippen molar-refractivity contribution in [2.24, 2.45) is 0 Å². The van der Waals surface area contributed by atoms with Crippen molar-refractivity contribution in [3.05, 3.63) is 28.3 Å². The van der Waals surface area contributed by atoms with Gasteiger partial charge in [0.25, 0.3) is 0 Å². The first-order valence-corrected chi connectivity index (χ1v) is 7.26. The molecule has 0 aliphatic carbocycles. The molecule has 0 radical (unpaired) electrons. The standard InChI is InChI=1S/C13H18N4OS/c1-3-6-14-13-15-7-4-12(17-13)18-8-5-11-10(2)16-9-19-11/h4,7,9H,3,5-6,8H2,1-2H3,(H,14,15,17). The van der Waals surface area contributed by atoms with E-state index in [1.165, 1.54) is 4.88 Å². The maximum Gasteiger partial charge on any atom is 0.225 e. The molecule has 2 aromatic heterocycles. The van der Waals surface area contributed by atoms with Crippen LogP contribution in [-0.2, 0) is 6.42 Å². The molecular weight excluding hydrogens is 260 g/mol. The van der Waals surface area contributed by atoms with E-state index >= 15 is 0 Å². The number of anilines is 1. The zero-order valence-electron chi connectivity index (χ0n) is 11.2. The van der Waals surface area contributed by atoms with Crippen molar-refractivity contribution in [1.29, 1.82) is 0 Å². The fourth-order valence-electron chi connectivity index (χ4n) is 1.56. The van der Waals surface area contributed by atoms with Crippen molar-refractivity contribution >= 4 is 17.3 Å². The number of hydrogen-bond acceptors (Lipinski definition) is 6. The molecule has 0 spiro atoms. The number of ether oxygens (including phenoxy) is 1. The van der Waals surface area contributed by atoms with Gasteiger partial charge in [0.2, 0.25) is 11.8 Å². The summed E-state index contributed by atoms with van der Waals surface area (Å²) in [6, 6.07) is 1.77. The van der Waals surface area contributed by atoms with Gasteiger partial charge in [0.1, 0.15) is 0 Å². The van der Waals surface area contributed by atoms with E-state index in [0.29, 0.717) is 18.4 Å². The van der Waals surface area contributed by atoms with Gasteiger partial charge in [-0.15, -0.1) is 11.3 Å². The maximum atomic E-state index is 5.64. The van der Waals surface area contributed by atoms with Crippen molar-refractivity contribution in [1.82, 2.24) is 15.0 Å². The van der Waals surface area contributed by atoms with Crippen LogP contribution in [0, 0.1) is 6.92 Å². The molecule has 102 valence electrons. The SMILES string of the molecule is CCCNc1nccc(OCCc2scnc2C)n1. The second-order valence-electron chi connectivity index (χ2n) is 4.10. The fourth-order valence-corrected chi connectivity index (χ4v) is 2.32. The van der Waals surface area contributed by atoms with Gasteiger partial charge < -0.3 is 10.1 Å². The van der Waals surface area contributed by atoms with E-state index in [1.807, 2.05) is 12.4 Å². The molecule has 0 bridgehead atoms. The van der Waals surface area contributed by atoms with E-state index in [1.54, 1.807) is 23.6 Å². The lowest BCUT2D eigenvalue weighted by Gasteiger charge is -2.07. The van der Waals surface area contributed by atoms with Crippen molar-refractivity contribution in [3.8, 4) is 5.88 Å². The minimum Gasteiger partial charge on any atom is -0.477 e. The van der Waals surface area contributed by atoms with E-state index in [-0.39, 0.29) is 0 Å². The lowest BCUT2D eigenvalue weighted by Crippen LogP contribution is -2.07. The summed E-state index contributed by atoms with van der Waals surface area (Å²) in [5.41, 5.74) is 2.95. The molecule has 2 aromatic rings. The van der Waals surface area contributed by atoms with Gasteiger partial charge in [0.05, 0.1) is 17.8 Å². The van der Waals surface area contributed by atoms with E-state index in [2.05, 4.69) is 27.2 Å². The summed E-state index contributed by atoms with van der Waals surface area (Å²) in [6.07, 6.45) is 3.61. The van der Waals surface area contributed by atoms with Crippen molar-refractivity contribution in [2.75, 3.05) is 18.5 Å². The number of rotatable bonds is 7. The zero-order chi connectivity index (χ0) is 13.5. The number of aromatic nitrogens is 3. The minimum absolute atomic E-state index is 0.604. The Kier molecular flexibility index (Phi) is 5.09. The molecule has 0 aromatic carbocycles. The van der Waals surface area contributed by atoms with Gasteiger partial charge in [-0.1, -0.05) is 6.92 Å². The number of aryl methyl sites for hydroxylation is 1. The molecule has 6 heteroatoms. The molecule has 0 unspecified atom stereocenters.